The highest BCUT2D eigenvalue weighted by molar-refractivity contribution is 7.77. The Hall–Kier alpha value is -2.69. The molecular formula is C23H23N3S. The second kappa shape index (κ2) is 8.80. The highest BCUT2D eigenvalue weighted by atomic mass is 32.1. The van der Waals surface area contributed by atoms with E-state index >= 15 is 0 Å². The molecule has 2 aromatic heterocycles. The summed E-state index contributed by atoms with van der Waals surface area (Å²) in [5.74, 6) is 0. The van der Waals surface area contributed by atoms with E-state index in [0.717, 1.165) is 40.9 Å². The maximum Gasteiger partial charge on any atom is 0.0708 e. The Morgan fingerprint density at radius 1 is 0.963 bits per heavy atom. The average Bonchev–Trinajstić information content (AvgIpc) is 2.86. The molecule has 2 heterocycles. The van der Waals surface area contributed by atoms with E-state index in [1.165, 1.54) is 16.7 Å². The molecule has 4 rings (SSSR count). The number of aromatic nitrogens is 2. The van der Waals surface area contributed by atoms with E-state index in [2.05, 4.69) is 83.9 Å². The topological polar surface area (TPSA) is 51.8 Å². The Kier molecular flexibility index (Phi) is 6.22. The quantitative estimate of drug-likeness (QED) is 0.502. The summed E-state index contributed by atoms with van der Waals surface area (Å²) >= 11 is 3.03. The van der Waals surface area contributed by atoms with E-state index in [4.69, 9.17) is 0 Å². The standard InChI is InChI=1S/C23H20N2.H3NS/c1-16-13-22-17(2)21-14-18(7-10-20-5-3-4-12-24-20)6-8-19(21)9-11-23(22)25-15-16;1-2/h3-6,8-9,11-15H,2,7,10H2,1H3;2H,1H2. The molecule has 0 amide bonds. The van der Waals surface area contributed by atoms with Crippen LogP contribution in [0.3, 0.4) is 0 Å². The smallest absolute Gasteiger partial charge is 0.0708 e. The summed E-state index contributed by atoms with van der Waals surface area (Å²) in [7, 11) is 0. The van der Waals surface area contributed by atoms with E-state index in [1.807, 2.05) is 24.5 Å². The highest BCUT2D eigenvalue weighted by Crippen LogP contribution is 2.33. The van der Waals surface area contributed by atoms with Crippen LogP contribution in [0.2, 0.25) is 0 Å². The molecule has 0 bridgehead atoms. The number of hydrogen-bond donors (Lipinski definition) is 2. The van der Waals surface area contributed by atoms with Gasteiger partial charge in [0.05, 0.1) is 5.69 Å². The van der Waals surface area contributed by atoms with E-state index in [-0.39, 0.29) is 0 Å². The first-order valence-corrected chi connectivity index (χ1v) is 9.35. The van der Waals surface area contributed by atoms with Crippen molar-refractivity contribution < 1.29 is 0 Å². The summed E-state index contributed by atoms with van der Waals surface area (Å²) < 4.78 is 0. The van der Waals surface area contributed by atoms with Gasteiger partial charge in [0.25, 0.3) is 0 Å². The van der Waals surface area contributed by atoms with Crippen LogP contribution in [-0.4, -0.2) is 9.97 Å². The fraction of sp³-hybridized carbons (Fsp3) is 0.130. The fourth-order valence-corrected chi connectivity index (χ4v) is 3.25. The van der Waals surface area contributed by atoms with Crippen LogP contribution in [0.1, 0.15) is 39.2 Å². The predicted octanol–water partition coefficient (Wildman–Crippen LogP) is 4.91. The molecule has 0 atom stereocenters. The maximum atomic E-state index is 4.55. The first kappa shape index (κ1) is 19.1. The van der Waals surface area contributed by atoms with Gasteiger partial charge in [-0.05, 0) is 71.9 Å². The average molecular weight is 374 g/mol. The molecule has 2 N–H and O–H groups in total. The van der Waals surface area contributed by atoms with Crippen molar-refractivity contribution in [2.75, 3.05) is 0 Å². The lowest BCUT2D eigenvalue weighted by Crippen LogP contribution is -1.97. The van der Waals surface area contributed by atoms with Gasteiger partial charge in [0.1, 0.15) is 0 Å². The van der Waals surface area contributed by atoms with Crippen molar-refractivity contribution in [1.82, 2.24) is 9.97 Å². The van der Waals surface area contributed by atoms with Crippen molar-refractivity contribution >= 4 is 30.5 Å². The second-order valence-corrected chi connectivity index (χ2v) is 6.50. The number of benzene rings is 1. The third kappa shape index (κ3) is 4.35. The summed E-state index contributed by atoms with van der Waals surface area (Å²) in [6, 6.07) is 14.9. The molecule has 0 aliphatic heterocycles. The molecular weight excluding hydrogens is 350 g/mol. The zero-order valence-corrected chi connectivity index (χ0v) is 16.3. The minimum absolute atomic E-state index is 0.944. The SMILES string of the molecule is C=C1c2cc(CCc3ccccn3)ccc2C=Cc2ncc(C)cc21.NS. The molecule has 136 valence electrons. The highest BCUT2D eigenvalue weighted by Gasteiger charge is 2.15. The number of aryl methyl sites for hydroxylation is 3. The number of fused-ring (bicyclic) bond motifs is 2. The fourth-order valence-electron chi connectivity index (χ4n) is 3.25. The first-order chi connectivity index (χ1) is 13.2. The van der Waals surface area contributed by atoms with Gasteiger partial charge in [-0.25, -0.2) is 0 Å². The van der Waals surface area contributed by atoms with Gasteiger partial charge < -0.3 is 0 Å². The van der Waals surface area contributed by atoms with Gasteiger partial charge in [0.15, 0.2) is 0 Å². The van der Waals surface area contributed by atoms with Gasteiger partial charge >= 0.3 is 0 Å². The van der Waals surface area contributed by atoms with Crippen LogP contribution in [0, 0.1) is 6.92 Å². The first-order valence-electron chi connectivity index (χ1n) is 8.84. The van der Waals surface area contributed by atoms with Crippen molar-refractivity contribution in [3.8, 4) is 0 Å². The number of hydrogen-bond acceptors (Lipinski definition) is 4. The molecule has 3 nitrogen and oxygen atoms in total. The minimum atomic E-state index is 0.944. The van der Waals surface area contributed by atoms with Gasteiger partial charge in [-0.1, -0.05) is 36.9 Å². The number of pyridine rings is 2. The molecule has 0 spiro atoms. The molecule has 3 aromatic rings. The number of thiol groups is 1. The zero-order valence-electron chi connectivity index (χ0n) is 15.4. The lowest BCUT2D eigenvalue weighted by atomic mass is 9.93. The van der Waals surface area contributed by atoms with Crippen LogP contribution in [0.4, 0.5) is 0 Å². The predicted molar refractivity (Wildman–Crippen MR) is 117 cm³/mol. The molecule has 1 aliphatic rings. The van der Waals surface area contributed by atoms with Crippen LogP contribution in [0.15, 0.2) is 61.4 Å². The molecule has 4 heteroatoms. The third-order valence-corrected chi connectivity index (χ3v) is 4.64. The van der Waals surface area contributed by atoms with Crippen molar-refractivity contribution in [1.29, 1.82) is 0 Å². The monoisotopic (exact) mass is 373 g/mol. The summed E-state index contributed by atoms with van der Waals surface area (Å²) in [6.07, 6.45) is 9.89. The minimum Gasteiger partial charge on any atom is -0.281 e. The lowest BCUT2D eigenvalue weighted by Gasteiger charge is -2.12. The Morgan fingerprint density at radius 3 is 2.59 bits per heavy atom. The molecule has 27 heavy (non-hydrogen) atoms. The number of nitrogens with zero attached hydrogens (tertiary/aromatic N) is 2. The van der Waals surface area contributed by atoms with Crippen molar-refractivity contribution in [3.05, 3.63) is 101 Å². The molecule has 0 fully saturated rings. The van der Waals surface area contributed by atoms with Gasteiger partial charge in [0.2, 0.25) is 0 Å². The van der Waals surface area contributed by atoms with Gasteiger partial charge in [-0.15, -0.1) is 12.8 Å². The van der Waals surface area contributed by atoms with Gasteiger partial charge in [-0.3, -0.25) is 15.1 Å². The van der Waals surface area contributed by atoms with Crippen LogP contribution < -0.4 is 5.14 Å². The lowest BCUT2D eigenvalue weighted by molar-refractivity contribution is 0.913. The van der Waals surface area contributed by atoms with Gasteiger partial charge in [0, 0.05) is 23.7 Å². The molecule has 0 radical (unpaired) electrons. The maximum absolute atomic E-state index is 4.55. The molecule has 1 aromatic carbocycles. The third-order valence-electron chi connectivity index (χ3n) is 4.64. The zero-order chi connectivity index (χ0) is 19.2. The number of nitrogens with two attached hydrogens (primary N) is 1. The Balaban J connectivity index is 0.00000102. The second-order valence-electron chi connectivity index (χ2n) is 6.50. The van der Waals surface area contributed by atoms with E-state index in [9.17, 15) is 0 Å². The van der Waals surface area contributed by atoms with Crippen LogP contribution in [-0.2, 0) is 12.8 Å². The summed E-state index contributed by atoms with van der Waals surface area (Å²) in [4.78, 5) is 8.97. The van der Waals surface area contributed by atoms with Crippen LogP contribution in [0.25, 0.3) is 17.7 Å². The molecule has 0 saturated carbocycles. The molecule has 0 unspecified atom stereocenters. The number of rotatable bonds is 3. The molecule has 1 aliphatic carbocycles. The van der Waals surface area contributed by atoms with Crippen LogP contribution in [0.5, 0.6) is 0 Å². The Morgan fingerprint density at radius 2 is 1.81 bits per heavy atom. The van der Waals surface area contributed by atoms with E-state index in [1.54, 1.807) is 0 Å². The van der Waals surface area contributed by atoms with Crippen molar-refractivity contribution in [2.24, 2.45) is 5.14 Å². The summed E-state index contributed by atoms with van der Waals surface area (Å²) in [5.41, 5.74) is 9.14. The largest absolute Gasteiger partial charge is 0.281 e. The summed E-state index contributed by atoms with van der Waals surface area (Å²) in [5, 5.41) is 4.19. The van der Waals surface area contributed by atoms with Crippen molar-refractivity contribution in [2.45, 2.75) is 19.8 Å². The van der Waals surface area contributed by atoms with E-state index < -0.39 is 0 Å². The van der Waals surface area contributed by atoms with E-state index in [0.29, 0.717) is 0 Å². The van der Waals surface area contributed by atoms with Gasteiger partial charge in [-0.2, -0.15) is 0 Å². The Labute approximate surface area is 166 Å². The normalized spacial score (nSPS) is 11.7. The van der Waals surface area contributed by atoms with Crippen LogP contribution >= 0.6 is 12.8 Å². The molecule has 0 saturated heterocycles. The summed E-state index contributed by atoms with van der Waals surface area (Å²) in [6.45, 7) is 6.43. The van der Waals surface area contributed by atoms with Crippen molar-refractivity contribution in [3.63, 3.8) is 0 Å². The Bertz CT molecular complexity index is 978.